The van der Waals surface area contributed by atoms with Gasteiger partial charge in [0.25, 0.3) is 0 Å². The summed E-state index contributed by atoms with van der Waals surface area (Å²) in [5, 5.41) is 7.92. The highest BCUT2D eigenvalue weighted by Gasteiger charge is 2.30. The van der Waals surface area contributed by atoms with Crippen LogP contribution in [0.1, 0.15) is 30.0 Å². The Hall–Kier alpha value is -1.81. The Kier molecular flexibility index (Phi) is 3.25. The second-order valence-electron chi connectivity index (χ2n) is 5.18. The summed E-state index contributed by atoms with van der Waals surface area (Å²) in [7, 11) is 0. The van der Waals surface area contributed by atoms with Crippen LogP contribution in [0.4, 0.5) is 5.69 Å². The summed E-state index contributed by atoms with van der Waals surface area (Å²) in [5.41, 5.74) is 10.4. The van der Waals surface area contributed by atoms with Crippen LogP contribution in [0.15, 0.2) is 30.5 Å². The van der Waals surface area contributed by atoms with Gasteiger partial charge >= 0.3 is 0 Å². The van der Waals surface area contributed by atoms with E-state index < -0.39 is 0 Å². The molecule has 0 spiro atoms. The van der Waals surface area contributed by atoms with Gasteiger partial charge in [-0.3, -0.25) is 0 Å². The first kappa shape index (κ1) is 12.2. The minimum atomic E-state index is 0.639. The van der Waals surface area contributed by atoms with Crippen LogP contribution in [0.25, 0.3) is 5.69 Å². The third-order valence-electron chi connectivity index (χ3n) is 3.51. The summed E-state index contributed by atoms with van der Waals surface area (Å²) < 4.78 is 2.07. The molecule has 0 radical (unpaired) electrons. The number of anilines is 1. The lowest BCUT2D eigenvalue weighted by Gasteiger charge is -2.10. The third-order valence-corrected chi connectivity index (χ3v) is 3.51. The Morgan fingerprint density at radius 3 is 2.68 bits per heavy atom. The first-order valence-corrected chi connectivity index (χ1v) is 6.88. The summed E-state index contributed by atoms with van der Waals surface area (Å²) >= 11 is 0. The van der Waals surface area contributed by atoms with Crippen molar-refractivity contribution in [3.05, 3.63) is 41.7 Å². The minimum Gasteiger partial charge on any atom is -0.381 e. The molecule has 0 unspecified atom stereocenters. The third kappa shape index (κ3) is 2.49. The number of nitrogens with zero attached hydrogens (tertiary/aromatic N) is 2. The molecule has 3 N–H and O–H groups in total. The molecular weight excluding hydrogens is 236 g/mol. The van der Waals surface area contributed by atoms with Crippen LogP contribution in [0.2, 0.25) is 0 Å². The van der Waals surface area contributed by atoms with E-state index in [9.17, 15) is 0 Å². The van der Waals surface area contributed by atoms with Crippen LogP contribution in [0.5, 0.6) is 0 Å². The smallest absolute Gasteiger partial charge is 0.0767 e. The Morgan fingerprint density at radius 1 is 1.32 bits per heavy atom. The van der Waals surface area contributed by atoms with Crippen LogP contribution in [-0.4, -0.2) is 22.9 Å². The Balaban J connectivity index is 1.96. The van der Waals surface area contributed by atoms with Gasteiger partial charge < -0.3 is 11.1 Å². The molecule has 19 heavy (non-hydrogen) atoms. The maximum atomic E-state index is 5.56. The monoisotopic (exact) mass is 256 g/mol. The van der Waals surface area contributed by atoms with E-state index in [0.717, 1.165) is 17.9 Å². The van der Waals surface area contributed by atoms with Crippen molar-refractivity contribution in [2.24, 2.45) is 5.73 Å². The van der Waals surface area contributed by atoms with Gasteiger partial charge in [0.05, 0.1) is 23.3 Å². The largest absolute Gasteiger partial charge is 0.381 e. The Morgan fingerprint density at radius 2 is 2.05 bits per heavy atom. The number of hydrogen-bond acceptors (Lipinski definition) is 3. The molecule has 1 saturated carbocycles. The molecule has 0 aliphatic heterocycles. The number of hydrogen-bond donors (Lipinski definition) is 2. The molecular formula is C15H20N4. The van der Waals surface area contributed by atoms with Gasteiger partial charge in [0.1, 0.15) is 0 Å². The van der Waals surface area contributed by atoms with Gasteiger partial charge in [-0.15, -0.1) is 0 Å². The molecule has 0 bridgehead atoms. The van der Waals surface area contributed by atoms with E-state index >= 15 is 0 Å². The highest BCUT2D eigenvalue weighted by molar-refractivity contribution is 5.53. The Bertz CT molecular complexity index is 552. The lowest BCUT2D eigenvalue weighted by Crippen LogP contribution is -2.14. The lowest BCUT2D eigenvalue weighted by molar-refractivity contribution is 0.808. The van der Waals surface area contributed by atoms with Crippen molar-refractivity contribution in [1.82, 2.24) is 9.78 Å². The summed E-state index contributed by atoms with van der Waals surface area (Å²) in [6.07, 6.45) is 4.44. The van der Waals surface area contributed by atoms with E-state index in [2.05, 4.69) is 46.3 Å². The average Bonchev–Trinajstić information content (AvgIpc) is 3.18. The lowest BCUT2D eigenvalue weighted by atomic mass is 10.2. The highest BCUT2D eigenvalue weighted by atomic mass is 15.3. The molecule has 1 fully saturated rings. The van der Waals surface area contributed by atoms with E-state index in [1.54, 1.807) is 0 Å². The Labute approximate surface area is 113 Å². The van der Waals surface area contributed by atoms with Gasteiger partial charge in [0, 0.05) is 19.0 Å². The average molecular weight is 256 g/mol. The van der Waals surface area contributed by atoms with Crippen molar-refractivity contribution < 1.29 is 0 Å². The van der Waals surface area contributed by atoms with Crippen LogP contribution < -0.4 is 11.1 Å². The zero-order chi connectivity index (χ0) is 13.2. The minimum absolute atomic E-state index is 0.639. The van der Waals surface area contributed by atoms with Crippen molar-refractivity contribution in [2.45, 2.75) is 25.7 Å². The van der Waals surface area contributed by atoms with E-state index in [1.165, 1.54) is 24.1 Å². The molecule has 100 valence electrons. The maximum Gasteiger partial charge on any atom is 0.0767 e. The number of aryl methyl sites for hydroxylation is 1. The van der Waals surface area contributed by atoms with Gasteiger partial charge in [-0.25, -0.2) is 4.68 Å². The van der Waals surface area contributed by atoms with Crippen molar-refractivity contribution >= 4 is 5.69 Å². The van der Waals surface area contributed by atoms with Gasteiger partial charge in [-0.2, -0.15) is 5.10 Å². The van der Waals surface area contributed by atoms with E-state index in [0.29, 0.717) is 12.5 Å². The molecule has 0 amide bonds. The molecule has 1 aliphatic carbocycles. The standard InChI is InChI=1S/C15H20N4/c1-11-2-6-13(7-3-11)19-15(12-4-5-12)14(10-18-19)17-9-8-16/h2-3,6-7,10,12,17H,4-5,8-9,16H2,1H3. The first-order chi connectivity index (χ1) is 9.29. The van der Waals surface area contributed by atoms with Crippen molar-refractivity contribution in [2.75, 3.05) is 18.4 Å². The maximum absolute atomic E-state index is 5.56. The molecule has 1 aromatic carbocycles. The van der Waals surface area contributed by atoms with E-state index in [-0.39, 0.29) is 0 Å². The summed E-state index contributed by atoms with van der Waals surface area (Å²) in [6, 6.07) is 8.50. The topological polar surface area (TPSA) is 55.9 Å². The number of aromatic nitrogens is 2. The van der Waals surface area contributed by atoms with Crippen LogP contribution >= 0.6 is 0 Å². The molecule has 1 aliphatic rings. The number of benzene rings is 1. The number of nitrogens with two attached hydrogens (primary N) is 1. The van der Waals surface area contributed by atoms with E-state index in [4.69, 9.17) is 5.73 Å². The quantitative estimate of drug-likeness (QED) is 0.864. The zero-order valence-corrected chi connectivity index (χ0v) is 11.3. The van der Waals surface area contributed by atoms with E-state index in [1.807, 2.05) is 6.20 Å². The van der Waals surface area contributed by atoms with Crippen LogP contribution in [0.3, 0.4) is 0 Å². The second-order valence-corrected chi connectivity index (χ2v) is 5.18. The van der Waals surface area contributed by atoms with Crippen molar-refractivity contribution in [3.8, 4) is 5.69 Å². The van der Waals surface area contributed by atoms with Gasteiger partial charge in [-0.1, -0.05) is 17.7 Å². The van der Waals surface area contributed by atoms with Crippen LogP contribution in [-0.2, 0) is 0 Å². The fraction of sp³-hybridized carbons (Fsp3) is 0.400. The summed E-state index contributed by atoms with van der Waals surface area (Å²) in [4.78, 5) is 0. The molecule has 3 rings (SSSR count). The molecule has 1 aromatic heterocycles. The number of rotatable bonds is 5. The fourth-order valence-electron chi connectivity index (χ4n) is 2.34. The van der Waals surface area contributed by atoms with Gasteiger partial charge in [0.15, 0.2) is 0 Å². The number of nitrogens with one attached hydrogen (secondary N) is 1. The second kappa shape index (κ2) is 5.05. The van der Waals surface area contributed by atoms with Crippen molar-refractivity contribution in [1.29, 1.82) is 0 Å². The zero-order valence-electron chi connectivity index (χ0n) is 11.3. The van der Waals surface area contributed by atoms with Gasteiger partial charge in [0.2, 0.25) is 0 Å². The predicted molar refractivity (Wildman–Crippen MR) is 77.8 cm³/mol. The molecule has 2 aromatic rings. The van der Waals surface area contributed by atoms with Crippen molar-refractivity contribution in [3.63, 3.8) is 0 Å². The molecule has 0 saturated heterocycles. The normalized spacial score (nSPS) is 14.6. The molecule has 4 nitrogen and oxygen atoms in total. The SMILES string of the molecule is Cc1ccc(-n2ncc(NCCN)c2C2CC2)cc1. The highest BCUT2D eigenvalue weighted by Crippen LogP contribution is 2.44. The van der Waals surface area contributed by atoms with Gasteiger partial charge in [-0.05, 0) is 31.9 Å². The molecule has 0 atom stereocenters. The van der Waals surface area contributed by atoms with Crippen LogP contribution in [0, 0.1) is 6.92 Å². The predicted octanol–water partition coefficient (Wildman–Crippen LogP) is 2.43. The first-order valence-electron chi connectivity index (χ1n) is 6.88. The summed E-state index contributed by atoms with van der Waals surface area (Å²) in [5.74, 6) is 0.643. The fourth-order valence-corrected chi connectivity index (χ4v) is 2.34. The summed E-state index contributed by atoms with van der Waals surface area (Å²) in [6.45, 7) is 3.53. The molecule has 4 heteroatoms. The molecule has 1 heterocycles.